The van der Waals surface area contributed by atoms with E-state index in [-0.39, 0.29) is 17.9 Å². The molecule has 1 saturated heterocycles. The van der Waals surface area contributed by atoms with Gasteiger partial charge in [0.1, 0.15) is 0 Å². The smallest absolute Gasteiger partial charge is 0.228 e. The van der Waals surface area contributed by atoms with Gasteiger partial charge in [-0.2, -0.15) is 0 Å². The Morgan fingerprint density at radius 1 is 0.882 bits per heavy atom. The topological polar surface area (TPSA) is 41.9 Å². The SMILES string of the molecule is C=CC[C@H](N=C(c1ccccc1)c1ccccc1)[C@@H](Cc1ccccc1)C(=O)N1CCOCC1. The van der Waals surface area contributed by atoms with Crippen LogP contribution in [-0.2, 0) is 16.0 Å². The van der Waals surface area contributed by atoms with E-state index in [9.17, 15) is 4.79 Å². The zero-order valence-electron chi connectivity index (χ0n) is 19.6. The van der Waals surface area contributed by atoms with Crippen LogP contribution in [0.1, 0.15) is 23.1 Å². The number of aliphatic imine (C=N–C) groups is 1. The highest BCUT2D eigenvalue weighted by atomic mass is 16.5. The number of nitrogens with zero attached hydrogens (tertiary/aromatic N) is 2. The summed E-state index contributed by atoms with van der Waals surface area (Å²) in [5.41, 5.74) is 4.13. The Hall–Kier alpha value is -3.50. The minimum atomic E-state index is -0.291. The fraction of sp³-hybridized carbons (Fsp3) is 0.267. The Morgan fingerprint density at radius 3 is 1.94 bits per heavy atom. The predicted molar refractivity (Wildman–Crippen MR) is 138 cm³/mol. The lowest BCUT2D eigenvalue weighted by Crippen LogP contribution is -2.47. The van der Waals surface area contributed by atoms with Crippen LogP contribution in [0.2, 0.25) is 0 Å². The monoisotopic (exact) mass is 452 g/mol. The molecule has 1 fully saturated rings. The minimum Gasteiger partial charge on any atom is -0.378 e. The number of amides is 1. The highest BCUT2D eigenvalue weighted by Gasteiger charge is 2.32. The molecule has 0 unspecified atom stereocenters. The van der Waals surface area contributed by atoms with Gasteiger partial charge in [-0.1, -0.05) is 97.1 Å². The second-order valence-electron chi connectivity index (χ2n) is 8.54. The van der Waals surface area contributed by atoms with E-state index in [1.807, 2.05) is 65.6 Å². The van der Waals surface area contributed by atoms with Crippen molar-refractivity contribution >= 4 is 11.6 Å². The van der Waals surface area contributed by atoms with Crippen LogP contribution in [0.3, 0.4) is 0 Å². The average molecular weight is 453 g/mol. The Morgan fingerprint density at radius 2 is 1.41 bits per heavy atom. The number of carbonyl (C=O) groups excluding carboxylic acids is 1. The first-order valence-corrected chi connectivity index (χ1v) is 12.0. The van der Waals surface area contributed by atoms with Crippen LogP contribution < -0.4 is 0 Å². The van der Waals surface area contributed by atoms with Gasteiger partial charge in [-0.3, -0.25) is 9.79 Å². The Balaban J connectivity index is 1.76. The molecule has 1 heterocycles. The zero-order chi connectivity index (χ0) is 23.6. The quantitative estimate of drug-likeness (QED) is 0.331. The third kappa shape index (κ3) is 6.09. The van der Waals surface area contributed by atoms with E-state index >= 15 is 0 Å². The molecule has 0 N–H and O–H groups in total. The largest absolute Gasteiger partial charge is 0.378 e. The van der Waals surface area contributed by atoms with Crippen molar-refractivity contribution in [2.75, 3.05) is 26.3 Å². The van der Waals surface area contributed by atoms with Gasteiger partial charge in [0.2, 0.25) is 5.91 Å². The van der Waals surface area contributed by atoms with Gasteiger partial charge in [0.05, 0.1) is 30.9 Å². The lowest BCUT2D eigenvalue weighted by atomic mass is 9.88. The van der Waals surface area contributed by atoms with Crippen LogP contribution in [0.5, 0.6) is 0 Å². The van der Waals surface area contributed by atoms with E-state index in [2.05, 4.69) is 43.0 Å². The van der Waals surface area contributed by atoms with Gasteiger partial charge in [-0.15, -0.1) is 6.58 Å². The number of benzene rings is 3. The second-order valence-corrected chi connectivity index (χ2v) is 8.54. The Labute approximate surface area is 202 Å². The predicted octanol–water partition coefficient (Wildman–Crippen LogP) is 5.19. The maximum absolute atomic E-state index is 13.8. The van der Waals surface area contributed by atoms with Gasteiger partial charge >= 0.3 is 0 Å². The summed E-state index contributed by atoms with van der Waals surface area (Å²) >= 11 is 0. The summed E-state index contributed by atoms with van der Waals surface area (Å²) in [7, 11) is 0. The molecule has 1 aliphatic heterocycles. The molecule has 1 amide bonds. The molecule has 4 heteroatoms. The van der Waals surface area contributed by atoms with Crippen molar-refractivity contribution in [2.45, 2.75) is 18.9 Å². The lowest BCUT2D eigenvalue weighted by molar-refractivity contribution is -0.140. The molecule has 2 atom stereocenters. The Kier molecular flexibility index (Phi) is 8.42. The fourth-order valence-corrected chi connectivity index (χ4v) is 4.43. The van der Waals surface area contributed by atoms with Crippen molar-refractivity contribution in [1.82, 2.24) is 4.90 Å². The van der Waals surface area contributed by atoms with E-state index < -0.39 is 0 Å². The number of carbonyl (C=O) groups is 1. The van der Waals surface area contributed by atoms with Gasteiger partial charge in [0.15, 0.2) is 0 Å². The average Bonchev–Trinajstić information content (AvgIpc) is 2.91. The highest BCUT2D eigenvalue weighted by Crippen LogP contribution is 2.24. The molecule has 4 rings (SSSR count). The summed E-state index contributed by atoms with van der Waals surface area (Å²) in [5, 5.41) is 0. The third-order valence-corrected chi connectivity index (χ3v) is 6.20. The molecule has 0 aliphatic carbocycles. The summed E-state index contributed by atoms with van der Waals surface area (Å²) < 4.78 is 5.50. The first-order valence-electron chi connectivity index (χ1n) is 12.0. The summed E-state index contributed by atoms with van der Waals surface area (Å²) in [6, 6.07) is 30.4. The van der Waals surface area contributed by atoms with Crippen LogP contribution in [0.15, 0.2) is 109 Å². The van der Waals surface area contributed by atoms with Crippen molar-refractivity contribution in [1.29, 1.82) is 0 Å². The van der Waals surface area contributed by atoms with E-state index in [1.165, 1.54) is 0 Å². The molecule has 0 radical (unpaired) electrons. The van der Waals surface area contributed by atoms with Crippen LogP contribution in [-0.4, -0.2) is 48.9 Å². The summed E-state index contributed by atoms with van der Waals surface area (Å²) in [5.74, 6) is -0.149. The fourth-order valence-electron chi connectivity index (χ4n) is 4.43. The van der Waals surface area contributed by atoms with Crippen molar-refractivity contribution in [3.63, 3.8) is 0 Å². The molecule has 3 aromatic rings. The maximum atomic E-state index is 13.8. The molecule has 0 spiro atoms. The van der Waals surface area contributed by atoms with Crippen molar-refractivity contribution in [3.8, 4) is 0 Å². The highest BCUT2D eigenvalue weighted by molar-refractivity contribution is 6.13. The Bertz CT molecular complexity index is 1030. The van der Waals surface area contributed by atoms with E-state index in [0.717, 1.165) is 22.4 Å². The normalized spacial score (nSPS) is 15.2. The lowest BCUT2D eigenvalue weighted by Gasteiger charge is -2.33. The van der Waals surface area contributed by atoms with Crippen LogP contribution in [0.4, 0.5) is 0 Å². The summed E-state index contributed by atoms with van der Waals surface area (Å²) in [4.78, 5) is 21.1. The minimum absolute atomic E-state index is 0.142. The number of morpholine rings is 1. The van der Waals surface area contributed by atoms with Gasteiger partial charge < -0.3 is 9.64 Å². The molecule has 1 aliphatic rings. The second kappa shape index (κ2) is 12.1. The standard InChI is InChI=1S/C30H32N2O2/c1-2-12-28(31-29(25-15-8-4-9-16-25)26-17-10-5-11-18-26)27(23-24-13-6-3-7-14-24)30(33)32-19-21-34-22-20-32/h2-11,13-18,27-28H,1,12,19-23H2/t27-,28+/m1/s1. The molecule has 0 bridgehead atoms. The van der Waals surface area contributed by atoms with Crippen LogP contribution in [0, 0.1) is 5.92 Å². The van der Waals surface area contributed by atoms with E-state index in [4.69, 9.17) is 9.73 Å². The van der Waals surface area contributed by atoms with Gasteiger partial charge in [0, 0.05) is 24.2 Å². The molecule has 174 valence electrons. The first kappa shape index (κ1) is 23.7. The molecule has 3 aromatic carbocycles. The van der Waals surface area contributed by atoms with Crippen molar-refractivity contribution < 1.29 is 9.53 Å². The molecule has 0 saturated carbocycles. The molecule has 0 aromatic heterocycles. The number of rotatable bonds is 9. The third-order valence-electron chi connectivity index (χ3n) is 6.20. The number of hydrogen-bond donors (Lipinski definition) is 0. The molecular weight excluding hydrogens is 420 g/mol. The van der Waals surface area contributed by atoms with E-state index in [0.29, 0.717) is 39.1 Å². The number of ether oxygens (including phenoxy) is 1. The zero-order valence-corrected chi connectivity index (χ0v) is 19.6. The van der Waals surface area contributed by atoms with Crippen LogP contribution in [0.25, 0.3) is 0 Å². The van der Waals surface area contributed by atoms with Crippen molar-refractivity contribution in [3.05, 3.63) is 120 Å². The van der Waals surface area contributed by atoms with Crippen molar-refractivity contribution in [2.24, 2.45) is 10.9 Å². The summed E-state index contributed by atoms with van der Waals surface area (Å²) in [6.07, 6.45) is 3.14. The van der Waals surface area contributed by atoms with Gasteiger partial charge in [-0.05, 0) is 18.4 Å². The first-order chi connectivity index (χ1) is 16.8. The van der Waals surface area contributed by atoms with Crippen LogP contribution >= 0.6 is 0 Å². The summed E-state index contributed by atoms with van der Waals surface area (Å²) in [6.45, 7) is 6.41. The van der Waals surface area contributed by atoms with Gasteiger partial charge in [-0.25, -0.2) is 0 Å². The number of hydrogen-bond acceptors (Lipinski definition) is 3. The molecule has 4 nitrogen and oxygen atoms in total. The molecule has 34 heavy (non-hydrogen) atoms. The maximum Gasteiger partial charge on any atom is 0.228 e. The van der Waals surface area contributed by atoms with Gasteiger partial charge in [0.25, 0.3) is 0 Å². The molecular formula is C30H32N2O2. The van der Waals surface area contributed by atoms with E-state index in [1.54, 1.807) is 0 Å².